The zero-order valence-electron chi connectivity index (χ0n) is 10.7. The molecule has 0 saturated carbocycles. The van der Waals surface area contributed by atoms with E-state index in [1.807, 2.05) is 18.2 Å². The molecule has 96 valence electrons. The second-order valence-electron chi connectivity index (χ2n) is 4.78. The monoisotopic (exact) mass is 276 g/mol. The summed E-state index contributed by atoms with van der Waals surface area (Å²) in [6, 6.07) is 20.5. The molecular formula is C17H12N2S. The highest BCUT2D eigenvalue weighted by molar-refractivity contribution is 7.21. The van der Waals surface area contributed by atoms with Gasteiger partial charge < -0.3 is 5.73 Å². The summed E-state index contributed by atoms with van der Waals surface area (Å²) in [5.74, 6) is 0. The van der Waals surface area contributed by atoms with E-state index in [2.05, 4.69) is 42.5 Å². The maximum absolute atomic E-state index is 5.86. The molecule has 3 aromatic carbocycles. The number of benzene rings is 3. The standard InChI is InChI=1S/C17H12N2S/c18-13-6-3-5-12(10-13)17-19-16-14-7-2-1-4-11(14)8-9-15(16)20-17/h1-10H,18H2. The van der Waals surface area contributed by atoms with Gasteiger partial charge in [-0.25, -0.2) is 4.98 Å². The van der Waals surface area contributed by atoms with Crippen molar-refractivity contribution in [2.45, 2.75) is 0 Å². The molecule has 0 saturated heterocycles. The predicted octanol–water partition coefficient (Wildman–Crippen LogP) is 4.70. The van der Waals surface area contributed by atoms with E-state index in [4.69, 9.17) is 10.7 Å². The molecule has 0 aliphatic carbocycles. The van der Waals surface area contributed by atoms with Crippen molar-refractivity contribution in [3.8, 4) is 10.6 Å². The smallest absolute Gasteiger partial charge is 0.124 e. The number of nitrogens with zero attached hydrogens (tertiary/aromatic N) is 1. The van der Waals surface area contributed by atoms with Gasteiger partial charge in [-0.2, -0.15) is 0 Å². The number of aromatic nitrogens is 1. The molecule has 0 spiro atoms. The first-order chi connectivity index (χ1) is 9.81. The number of hydrogen-bond acceptors (Lipinski definition) is 3. The lowest BCUT2D eigenvalue weighted by Gasteiger charge is -1.97. The quantitative estimate of drug-likeness (QED) is 0.512. The summed E-state index contributed by atoms with van der Waals surface area (Å²) in [4.78, 5) is 4.82. The van der Waals surface area contributed by atoms with Gasteiger partial charge in [0.15, 0.2) is 0 Å². The summed E-state index contributed by atoms with van der Waals surface area (Å²) in [5, 5.41) is 3.45. The van der Waals surface area contributed by atoms with Gasteiger partial charge in [-0.15, -0.1) is 11.3 Å². The van der Waals surface area contributed by atoms with E-state index >= 15 is 0 Å². The Kier molecular flexibility index (Phi) is 2.47. The first-order valence-electron chi connectivity index (χ1n) is 6.45. The van der Waals surface area contributed by atoms with Gasteiger partial charge in [-0.3, -0.25) is 0 Å². The Balaban J connectivity index is 2.01. The van der Waals surface area contributed by atoms with Crippen molar-refractivity contribution >= 4 is 38.0 Å². The molecular weight excluding hydrogens is 264 g/mol. The number of thiazole rings is 1. The first-order valence-corrected chi connectivity index (χ1v) is 7.27. The van der Waals surface area contributed by atoms with E-state index in [9.17, 15) is 0 Å². The summed E-state index contributed by atoms with van der Waals surface area (Å²) in [6.07, 6.45) is 0. The third-order valence-electron chi connectivity index (χ3n) is 3.42. The highest BCUT2D eigenvalue weighted by Gasteiger charge is 2.09. The summed E-state index contributed by atoms with van der Waals surface area (Å²) >= 11 is 1.71. The first kappa shape index (κ1) is 11.4. The van der Waals surface area contributed by atoms with Crippen LogP contribution in [0.15, 0.2) is 60.7 Å². The molecule has 0 bridgehead atoms. The lowest BCUT2D eigenvalue weighted by Crippen LogP contribution is -1.84. The maximum atomic E-state index is 5.86. The van der Waals surface area contributed by atoms with E-state index in [-0.39, 0.29) is 0 Å². The molecule has 0 radical (unpaired) electrons. The molecule has 20 heavy (non-hydrogen) atoms. The number of rotatable bonds is 1. The third-order valence-corrected chi connectivity index (χ3v) is 4.49. The summed E-state index contributed by atoms with van der Waals surface area (Å²) in [7, 11) is 0. The second-order valence-corrected chi connectivity index (χ2v) is 5.81. The van der Waals surface area contributed by atoms with Gasteiger partial charge in [-0.05, 0) is 23.6 Å². The Morgan fingerprint density at radius 2 is 1.80 bits per heavy atom. The fourth-order valence-corrected chi connectivity index (χ4v) is 3.43. The van der Waals surface area contributed by atoms with E-state index < -0.39 is 0 Å². The normalized spacial score (nSPS) is 11.2. The number of anilines is 1. The Bertz CT molecular complexity index is 924. The predicted molar refractivity (Wildman–Crippen MR) is 87.0 cm³/mol. The number of fused-ring (bicyclic) bond motifs is 3. The van der Waals surface area contributed by atoms with Crippen molar-refractivity contribution in [1.82, 2.24) is 4.98 Å². The van der Waals surface area contributed by atoms with Crippen molar-refractivity contribution in [1.29, 1.82) is 0 Å². The molecule has 0 aliphatic rings. The van der Waals surface area contributed by atoms with Gasteiger partial charge in [0, 0.05) is 16.6 Å². The minimum absolute atomic E-state index is 0.770. The van der Waals surface area contributed by atoms with Gasteiger partial charge >= 0.3 is 0 Å². The van der Waals surface area contributed by atoms with Gasteiger partial charge in [-0.1, -0.05) is 42.5 Å². The van der Waals surface area contributed by atoms with E-state index in [1.165, 1.54) is 15.5 Å². The van der Waals surface area contributed by atoms with Crippen LogP contribution in [0.4, 0.5) is 5.69 Å². The molecule has 0 atom stereocenters. The van der Waals surface area contributed by atoms with Crippen molar-refractivity contribution in [3.63, 3.8) is 0 Å². The Labute approximate surface area is 120 Å². The van der Waals surface area contributed by atoms with Crippen LogP contribution in [0, 0.1) is 0 Å². The maximum Gasteiger partial charge on any atom is 0.124 e. The third kappa shape index (κ3) is 1.75. The molecule has 0 fully saturated rings. The molecule has 4 rings (SSSR count). The summed E-state index contributed by atoms with van der Waals surface area (Å²) in [5.41, 5.74) is 8.78. The summed E-state index contributed by atoms with van der Waals surface area (Å²) < 4.78 is 1.21. The molecule has 0 amide bonds. The van der Waals surface area contributed by atoms with Crippen LogP contribution in [0.5, 0.6) is 0 Å². The Hall–Kier alpha value is -2.39. The zero-order valence-corrected chi connectivity index (χ0v) is 11.5. The van der Waals surface area contributed by atoms with E-state index in [0.717, 1.165) is 21.8 Å². The van der Waals surface area contributed by atoms with Crippen molar-refractivity contribution in [2.75, 3.05) is 5.73 Å². The van der Waals surface area contributed by atoms with E-state index in [1.54, 1.807) is 11.3 Å². The largest absolute Gasteiger partial charge is 0.399 e. The van der Waals surface area contributed by atoms with Crippen LogP contribution in [0.25, 0.3) is 31.6 Å². The van der Waals surface area contributed by atoms with Crippen LogP contribution in [-0.4, -0.2) is 4.98 Å². The number of hydrogen-bond donors (Lipinski definition) is 1. The SMILES string of the molecule is Nc1cccc(-c2nc3c(ccc4ccccc43)s2)c1. The van der Waals surface area contributed by atoms with Crippen LogP contribution in [-0.2, 0) is 0 Å². The van der Waals surface area contributed by atoms with Crippen LogP contribution in [0.2, 0.25) is 0 Å². The van der Waals surface area contributed by atoms with Gasteiger partial charge in [0.2, 0.25) is 0 Å². The van der Waals surface area contributed by atoms with Crippen LogP contribution in [0.3, 0.4) is 0 Å². The average molecular weight is 276 g/mol. The van der Waals surface area contributed by atoms with Gasteiger partial charge in [0.1, 0.15) is 5.01 Å². The van der Waals surface area contributed by atoms with Crippen LogP contribution >= 0.6 is 11.3 Å². The molecule has 4 aromatic rings. The van der Waals surface area contributed by atoms with Crippen LogP contribution in [0.1, 0.15) is 0 Å². The fourth-order valence-electron chi connectivity index (χ4n) is 2.46. The number of nitrogens with two attached hydrogens (primary N) is 1. The van der Waals surface area contributed by atoms with Crippen LogP contribution < -0.4 is 5.73 Å². The highest BCUT2D eigenvalue weighted by Crippen LogP contribution is 2.34. The Morgan fingerprint density at radius 1 is 0.900 bits per heavy atom. The topological polar surface area (TPSA) is 38.9 Å². The zero-order chi connectivity index (χ0) is 13.5. The van der Waals surface area contributed by atoms with Gasteiger partial charge in [0.25, 0.3) is 0 Å². The molecule has 2 nitrogen and oxygen atoms in total. The minimum atomic E-state index is 0.770. The summed E-state index contributed by atoms with van der Waals surface area (Å²) in [6.45, 7) is 0. The average Bonchev–Trinajstić information content (AvgIpc) is 2.92. The molecule has 1 heterocycles. The molecule has 0 aliphatic heterocycles. The fraction of sp³-hybridized carbons (Fsp3) is 0. The molecule has 2 N–H and O–H groups in total. The van der Waals surface area contributed by atoms with E-state index in [0.29, 0.717) is 0 Å². The lowest BCUT2D eigenvalue weighted by atomic mass is 10.1. The second kappa shape index (κ2) is 4.32. The molecule has 1 aromatic heterocycles. The minimum Gasteiger partial charge on any atom is -0.399 e. The Morgan fingerprint density at radius 3 is 2.70 bits per heavy atom. The highest BCUT2D eigenvalue weighted by atomic mass is 32.1. The lowest BCUT2D eigenvalue weighted by molar-refractivity contribution is 1.49. The molecule has 3 heteroatoms. The van der Waals surface area contributed by atoms with Crippen molar-refractivity contribution in [3.05, 3.63) is 60.7 Å². The van der Waals surface area contributed by atoms with Crippen molar-refractivity contribution in [2.24, 2.45) is 0 Å². The van der Waals surface area contributed by atoms with Gasteiger partial charge in [0.05, 0.1) is 10.2 Å². The molecule has 0 unspecified atom stereocenters. The number of nitrogen functional groups attached to an aromatic ring is 1. The van der Waals surface area contributed by atoms with Crippen molar-refractivity contribution < 1.29 is 0 Å².